The predicted molar refractivity (Wildman–Crippen MR) is 85.9 cm³/mol. The monoisotopic (exact) mass is 286 g/mol. The number of ether oxygens (including phenoxy) is 1. The van der Waals surface area contributed by atoms with Crippen LogP contribution < -0.4 is 4.90 Å². The molecule has 4 nitrogen and oxygen atoms in total. The Morgan fingerprint density at radius 3 is 2.76 bits per heavy atom. The maximum atomic E-state index is 12.5. The molecule has 0 saturated carbocycles. The van der Waals surface area contributed by atoms with E-state index in [1.165, 1.54) is 0 Å². The lowest BCUT2D eigenvalue weighted by Gasteiger charge is -2.17. The summed E-state index contributed by atoms with van der Waals surface area (Å²) in [5.41, 5.74) is 1.34. The molecule has 0 aliphatic rings. The number of allylic oxidation sites excluding steroid dienone is 4. The van der Waals surface area contributed by atoms with Gasteiger partial charge >= 0.3 is 0 Å². The van der Waals surface area contributed by atoms with E-state index < -0.39 is 0 Å². The van der Waals surface area contributed by atoms with E-state index in [0.29, 0.717) is 12.2 Å². The number of hydrogen-bond donors (Lipinski definition) is 0. The highest BCUT2D eigenvalue weighted by Crippen LogP contribution is 2.14. The summed E-state index contributed by atoms with van der Waals surface area (Å²) in [6.45, 7) is 6.28. The van der Waals surface area contributed by atoms with Gasteiger partial charge < -0.3 is 9.64 Å². The Kier molecular flexibility index (Phi) is 6.95. The summed E-state index contributed by atoms with van der Waals surface area (Å²) in [5.74, 6) is 0.679. The molecule has 0 saturated heterocycles. The molecule has 0 aliphatic heterocycles. The number of anilines is 1. The molecule has 1 heterocycles. The molecule has 0 spiro atoms. The Balaban J connectivity index is 2.97. The average Bonchev–Trinajstić information content (AvgIpc) is 2.51. The van der Waals surface area contributed by atoms with E-state index in [-0.39, 0.29) is 5.91 Å². The van der Waals surface area contributed by atoms with E-state index in [0.717, 1.165) is 11.4 Å². The van der Waals surface area contributed by atoms with Crippen LogP contribution in [0.3, 0.4) is 0 Å². The topological polar surface area (TPSA) is 42.4 Å². The first-order valence-electron chi connectivity index (χ1n) is 6.92. The van der Waals surface area contributed by atoms with E-state index in [1.54, 1.807) is 48.6 Å². The predicted octanol–water partition coefficient (Wildman–Crippen LogP) is 3.49. The van der Waals surface area contributed by atoms with Crippen LogP contribution >= 0.6 is 0 Å². The Morgan fingerprint density at radius 1 is 1.43 bits per heavy atom. The fourth-order valence-electron chi connectivity index (χ4n) is 1.72. The van der Waals surface area contributed by atoms with Gasteiger partial charge in [0.25, 0.3) is 5.91 Å². The third kappa shape index (κ3) is 5.26. The molecule has 112 valence electrons. The van der Waals surface area contributed by atoms with Crippen molar-refractivity contribution in [3.63, 3.8) is 0 Å². The van der Waals surface area contributed by atoms with Gasteiger partial charge in [-0.1, -0.05) is 12.2 Å². The third-order valence-electron chi connectivity index (χ3n) is 2.80. The van der Waals surface area contributed by atoms with Crippen LogP contribution in [-0.4, -0.2) is 24.5 Å². The number of nitrogens with zero attached hydrogens (tertiary/aromatic N) is 2. The van der Waals surface area contributed by atoms with Gasteiger partial charge in [-0.05, 0) is 45.1 Å². The summed E-state index contributed by atoms with van der Waals surface area (Å²) in [4.78, 5) is 18.1. The van der Waals surface area contributed by atoms with Crippen molar-refractivity contribution >= 4 is 11.6 Å². The zero-order chi connectivity index (χ0) is 15.7. The van der Waals surface area contributed by atoms with E-state index in [1.807, 2.05) is 32.9 Å². The zero-order valence-corrected chi connectivity index (χ0v) is 13.0. The van der Waals surface area contributed by atoms with E-state index in [9.17, 15) is 4.79 Å². The first-order chi connectivity index (χ1) is 10.1. The first-order valence-corrected chi connectivity index (χ1v) is 6.92. The normalized spacial score (nSPS) is 12.6. The second-order valence-corrected chi connectivity index (χ2v) is 4.41. The molecule has 1 rings (SSSR count). The molecule has 4 heteroatoms. The van der Waals surface area contributed by atoms with Crippen LogP contribution in [0.1, 0.15) is 20.8 Å². The molecular weight excluding hydrogens is 264 g/mol. The average molecular weight is 286 g/mol. The van der Waals surface area contributed by atoms with Crippen LogP contribution in [0, 0.1) is 0 Å². The van der Waals surface area contributed by atoms with Crippen LogP contribution in [0.2, 0.25) is 0 Å². The van der Waals surface area contributed by atoms with Crippen LogP contribution in [-0.2, 0) is 9.53 Å². The lowest BCUT2D eigenvalue weighted by atomic mass is 10.2. The minimum Gasteiger partial charge on any atom is -0.499 e. The second-order valence-electron chi connectivity index (χ2n) is 4.41. The Labute approximate surface area is 126 Å². The molecule has 0 unspecified atom stereocenters. The highest BCUT2D eigenvalue weighted by Gasteiger charge is 2.13. The molecule has 1 aromatic heterocycles. The minimum absolute atomic E-state index is 0.0957. The van der Waals surface area contributed by atoms with Crippen molar-refractivity contribution in [1.82, 2.24) is 4.98 Å². The standard InChI is InChI=1S/C17H22N2O2/c1-5-8-15(11-10-14(3)21-6-2)17(20)19(4)16-9-7-12-18-13-16/h5,7-13H,6H2,1-4H3/b8-5+,14-10+,15-11+. The molecule has 0 aromatic carbocycles. The summed E-state index contributed by atoms with van der Waals surface area (Å²) in [5, 5.41) is 0. The molecule has 0 bridgehead atoms. The molecule has 1 amide bonds. The van der Waals surface area contributed by atoms with Crippen molar-refractivity contribution in [3.8, 4) is 0 Å². The number of pyridine rings is 1. The lowest BCUT2D eigenvalue weighted by molar-refractivity contribution is -0.114. The van der Waals surface area contributed by atoms with Crippen molar-refractivity contribution < 1.29 is 9.53 Å². The quantitative estimate of drug-likeness (QED) is 0.457. The van der Waals surface area contributed by atoms with Crippen molar-refractivity contribution in [1.29, 1.82) is 0 Å². The van der Waals surface area contributed by atoms with E-state index in [2.05, 4.69) is 4.98 Å². The summed E-state index contributed by atoms with van der Waals surface area (Å²) in [6, 6.07) is 3.65. The van der Waals surface area contributed by atoms with Gasteiger partial charge in [-0.15, -0.1) is 0 Å². The lowest BCUT2D eigenvalue weighted by Crippen LogP contribution is -2.27. The molecular formula is C17H22N2O2. The third-order valence-corrected chi connectivity index (χ3v) is 2.80. The maximum absolute atomic E-state index is 12.5. The molecule has 0 N–H and O–H groups in total. The summed E-state index contributed by atoms with van der Waals surface area (Å²) in [7, 11) is 1.73. The van der Waals surface area contributed by atoms with Gasteiger partial charge in [-0.2, -0.15) is 0 Å². The van der Waals surface area contributed by atoms with Crippen LogP contribution in [0.15, 0.2) is 60.2 Å². The number of hydrogen-bond acceptors (Lipinski definition) is 3. The van der Waals surface area contributed by atoms with Gasteiger partial charge in [0.05, 0.1) is 24.3 Å². The van der Waals surface area contributed by atoms with Gasteiger partial charge in [0, 0.05) is 18.8 Å². The molecule has 0 radical (unpaired) electrons. The smallest absolute Gasteiger partial charge is 0.258 e. The Bertz CT molecular complexity index is 545. The SMILES string of the molecule is C/C=C/C(=C\C=C(/C)OCC)C(=O)N(C)c1cccnc1. The van der Waals surface area contributed by atoms with E-state index in [4.69, 9.17) is 4.74 Å². The van der Waals surface area contributed by atoms with E-state index >= 15 is 0 Å². The molecule has 21 heavy (non-hydrogen) atoms. The van der Waals surface area contributed by atoms with Crippen molar-refractivity contribution in [2.24, 2.45) is 0 Å². The van der Waals surface area contributed by atoms with Gasteiger partial charge in [0.15, 0.2) is 0 Å². The van der Waals surface area contributed by atoms with Crippen LogP contribution in [0.4, 0.5) is 5.69 Å². The first kappa shape index (κ1) is 16.7. The number of carbonyl (C=O) groups is 1. The van der Waals surface area contributed by atoms with Gasteiger partial charge in [-0.3, -0.25) is 9.78 Å². The molecule has 1 aromatic rings. The van der Waals surface area contributed by atoms with Gasteiger partial charge in [-0.25, -0.2) is 0 Å². The number of likely N-dealkylation sites (N-methyl/N-ethyl adjacent to an activating group) is 1. The number of rotatable bonds is 6. The molecule has 0 aliphatic carbocycles. The Morgan fingerprint density at radius 2 is 2.19 bits per heavy atom. The number of carbonyl (C=O) groups excluding carboxylic acids is 1. The largest absolute Gasteiger partial charge is 0.499 e. The van der Waals surface area contributed by atoms with Crippen molar-refractivity contribution in [2.75, 3.05) is 18.6 Å². The summed E-state index contributed by atoms with van der Waals surface area (Å²) in [6.07, 6.45) is 10.5. The highest BCUT2D eigenvalue weighted by atomic mass is 16.5. The highest BCUT2D eigenvalue weighted by molar-refractivity contribution is 6.07. The minimum atomic E-state index is -0.0957. The van der Waals surface area contributed by atoms with Crippen LogP contribution in [0.25, 0.3) is 0 Å². The van der Waals surface area contributed by atoms with Crippen molar-refractivity contribution in [3.05, 3.63) is 60.2 Å². The number of aromatic nitrogens is 1. The fourth-order valence-corrected chi connectivity index (χ4v) is 1.72. The molecule has 0 fully saturated rings. The number of amides is 1. The zero-order valence-electron chi connectivity index (χ0n) is 13.0. The maximum Gasteiger partial charge on any atom is 0.258 e. The Hall–Kier alpha value is -2.36. The van der Waals surface area contributed by atoms with Crippen LogP contribution in [0.5, 0.6) is 0 Å². The second kappa shape index (κ2) is 8.74. The fraction of sp³-hybridized carbons (Fsp3) is 0.294. The molecule has 0 atom stereocenters. The van der Waals surface area contributed by atoms with Gasteiger partial charge in [0.1, 0.15) is 0 Å². The summed E-state index contributed by atoms with van der Waals surface area (Å²) < 4.78 is 5.35. The van der Waals surface area contributed by atoms with Crippen molar-refractivity contribution in [2.45, 2.75) is 20.8 Å². The van der Waals surface area contributed by atoms with Gasteiger partial charge in [0.2, 0.25) is 0 Å². The summed E-state index contributed by atoms with van der Waals surface area (Å²) >= 11 is 0.